The number of hydrogen-bond donors (Lipinski definition) is 0. The Kier molecular flexibility index (Phi) is 4.84. The molecule has 5 nitrogen and oxygen atoms in total. The molecular formula is C19H17FN2O3S. The van der Waals surface area contributed by atoms with Crippen molar-refractivity contribution in [3.8, 4) is 0 Å². The smallest absolute Gasteiger partial charge is 0.243 e. The number of carbonyl (C=O) groups is 1. The lowest BCUT2D eigenvalue weighted by Gasteiger charge is -2.18. The van der Waals surface area contributed by atoms with E-state index in [1.807, 2.05) is 0 Å². The topological polar surface area (TPSA) is 67.3 Å². The molecule has 0 saturated heterocycles. The number of hydrogen-bond acceptors (Lipinski definition) is 4. The van der Waals surface area contributed by atoms with E-state index in [1.54, 1.807) is 18.3 Å². The molecule has 7 heteroatoms. The number of benzene rings is 2. The van der Waals surface area contributed by atoms with Crippen molar-refractivity contribution < 1.29 is 17.6 Å². The van der Waals surface area contributed by atoms with Gasteiger partial charge in [-0.1, -0.05) is 18.2 Å². The lowest BCUT2D eigenvalue weighted by Crippen LogP contribution is -2.26. The number of fused-ring (bicyclic) bond motifs is 1. The number of carbonyl (C=O) groups excluding carboxylic acids is 1. The standard InChI is InChI=1S/C19H17FN2O3S/c1-13(23)14-5-8-16(9-6-14)26(24,25)22(2)12-15-7-10-18(20)17-4-3-11-21-19(15)17/h3-11H,12H2,1-2H3. The van der Waals surface area contributed by atoms with Crippen molar-refractivity contribution in [1.29, 1.82) is 0 Å². The van der Waals surface area contributed by atoms with Crippen molar-refractivity contribution in [2.75, 3.05) is 7.05 Å². The van der Waals surface area contributed by atoms with E-state index in [0.29, 0.717) is 22.0 Å². The summed E-state index contributed by atoms with van der Waals surface area (Å²) in [7, 11) is -2.31. The third kappa shape index (κ3) is 3.36. The van der Waals surface area contributed by atoms with Gasteiger partial charge in [0, 0.05) is 30.7 Å². The minimum absolute atomic E-state index is 0.0462. The third-order valence-corrected chi connectivity index (χ3v) is 5.98. The van der Waals surface area contributed by atoms with Crippen LogP contribution < -0.4 is 0 Å². The Balaban J connectivity index is 1.93. The second kappa shape index (κ2) is 6.93. The summed E-state index contributed by atoms with van der Waals surface area (Å²) in [5.41, 5.74) is 1.48. The van der Waals surface area contributed by atoms with E-state index >= 15 is 0 Å². The predicted molar refractivity (Wildman–Crippen MR) is 96.8 cm³/mol. The number of pyridine rings is 1. The molecule has 0 fully saturated rings. The van der Waals surface area contributed by atoms with Crippen LogP contribution in [-0.2, 0) is 16.6 Å². The summed E-state index contributed by atoms with van der Waals surface area (Å²) in [5, 5.41) is 0.349. The molecule has 0 unspecified atom stereocenters. The zero-order chi connectivity index (χ0) is 18.9. The van der Waals surface area contributed by atoms with Gasteiger partial charge >= 0.3 is 0 Å². The van der Waals surface area contributed by atoms with Crippen LogP contribution in [-0.4, -0.2) is 30.5 Å². The van der Waals surface area contributed by atoms with Gasteiger partial charge in [-0.25, -0.2) is 12.8 Å². The monoisotopic (exact) mass is 372 g/mol. The van der Waals surface area contributed by atoms with Crippen molar-refractivity contribution >= 4 is 26.7 Å². The highest BCUT2D eigenvalue weighted by atomic mass is 32.2. The molecule has 26 heavy (non-hydrogen) atoms. The van der Waals surface area contributed by atoms with Crippen LogP contribution in [0.15, 0.2) is 59.6 Å². The highest BCUT2D eigenvalue weighted by Gasteiger charge is 2.22. The number of aromatic nitrogens is 1. The first-order valence-corrected chi connectivity index (χ1v) is 9.34. The molecular weight excluding hydrogens is 355 g/mol. The maximum Gasteiger partial charge on any atom is 0.243 e. The summed E-state index contributed by atoms with van der Waals surface area (Å²) >= 11 is 0. The number of nitrogens with zero attached hydrogens (tertiary/aromatic N) is 2. The fraction of sp³-hybridized carbons (Fsp3) is 0.158. The van der Waals surface area contributed by atoms with Crippen LogP contribution in [0, 0.1) is 5.82 Å². The summed E-state index contributed by atoms with van der Waals surface area (Å²) in [4.78, 5) is 15.6. The predicted octanol–water partition coefficient (Wildman–Crippen LogP) is 3.40. The van der Waals surface area contributed by atoms with Gasteiger partial charge in [0.15, 0.2) is 5.78 Å². The molecule has 0 aliphatic heterocycles. The van der Waals surface area contributed by atoms with Crippen LogP contribution in [0.2, 0.25) is 0 Å². The van der Waals surface area contributed by atoms with Crippen LogP contribution >= 0.6 is 0 Å². The van der Waals surface area contributed by atoms with Gasteiger partial charge < -0.3 is 0 Å². The maximum atomic E-state index is 13.9. The van der Waals surface area contributed by atoms with Gasteiger partial charge in [0.05, 0.1) is 10.4 Å². The SMILES string of the molecule is CC(=O)c1ccc(S(=O)(=O)N(C)Cc2ccc(F)c3cccnc23)cc1. The van der Waals surface area contributed by atoms with Crippen molar-refractivity contribution in [2.24, 2.45) is 0 Å². The largest absolute Gasteiger partial charge is 0.295 e. The summed E-state index contributed by atoms with van der Waals surface area (Å²) in [5.74, 6) is -0.534. The molecule has 0 N–H and O–H groups in total. The number of sulfonamides is 1. The molecule has 0 aliphatic carbocycles. The molecule has 134 valence electrons. The molecule has 0 amide bonds. The average Bonchev–Trinajstić information content (AvgIpc) is 2.64. The highest BCUT2D eigenvalue weighted by molar-refractivity contribution is 7.89. The van der Waals surface area contributed by atoms with Gasteiger partial charge in [-0.2, -0.15) is 4.31 Å². The van der Waals surface area contributed by atoms with Gasteiger partial charge in [-0.05, 0) is 42.8 Å². The van der Waals surface area contributed by atoms with Crippen molar-refractivity contribution in [2.45, 2.75) is 18.4 Å². The third-order valence-electron chi connectivity index (χ3n) is 4.16. The van der Waals surface area contributed by atoms with Crippen molar-refractivity contribution in [3.63, 3.8) is 0 Å². The van der Waals surface area contributed by atoms with E-state index in [9.17, 15) is 17.6 Å². The van der Waals surface area contributed by atoms with E-state index in [-0.39, 0.29) is 17.2 Å². The van der Waals surface area contributed by atoms with Gasteiger partial charge in [0.1, 0.15) is 5.82 Å². The summed E-state index contributed by atoms with van der Waals surface area (Å²) in [6.07, 6.45) is 1.54. The fourth-order valence-electron chi connectivity index (χ4n) is 2.69. The zero-order valence-electron chi connectivity index (χ0n) is 14.3. The van der Waals surface area contributed by atoms with Crippen molar-refractivity contribution in [1.82, 2.24) is 9.29 Å². The van der Waals surface area contributed by atoms with E-state index in [0.717, 1.165) is 0 Å². The Hall–Kier alpha value is -2.64. The lowest BCUT2D eigenvalue weighted by molar-refractivity contribution is 0.101. The number of rotatable bonds is 5. The Bertz CT molecular complexity index is 1080. The van der Waals surface area contributed by atoms with Crippen LogP contribution in [0.3, 0.4) is 0 Å². The number of halogens is 1. The summed E-state index contributed by atoms with van der Waals surface area (Å²) in [6.45, 7) is 1.47. The first-order chi connectivity index (χ1) is 12.3. The first-order valence-electron chi connectivity index (χ1n) is 7.90. The Labute approximate surface area is 151 Å². The molecule has 0 spiro atoms. The molecule has 2 aromatic carbocycles. The first kappa shape index (κ1) is 18.2. The molecule has 0 aliphatic rings. The van der Waals surface area contributed by atoms with Crippen molar-refractivity contribution in [3.05, 3.63) is 71.7 Å². The molecule has 3 rings (SSSR count). The fourth-order valence-corrected chi connectivity index (χ4v) is 3.84. The summed E-state index contributed by atoms with van der Waals surface area (Å²) in [6, 6.07) is 11.9. The quantitative estimate of drug-likeness (QED) is 0.644. The van der Waals surface area contributed by atoms with Gasteiger partial charge in [0.2, 0.25) is 10.0 Å². The van der Waals surface area contributed by atoms with Gasteiger partial charge in [0.25, 0.3) is 0 Å². The Morgan fingerprint density at radius 2 is 1.81 bits per heavy atom. The van der Waals surface area contributed by atoms with E-state index in [1.165, 1.54) is 54.7 Å². The number of Topliss-reactive ketones (excluding diaryl/α,β-unsaturated/α-hetero) is 1. The minimum atomic E-state index is -3.76. The van der Waals surface area contributed by atoms with Gasteiger partial charge in [-0.3, -0.25) is 9.78 Å². The molecule has 1 heterocycles. The molecule has 0 atom stereocenters. The molecule has 3 aromatic rings. The van der Waals surface area contributed by atoms with Crippen LogP contribution in [0.4, 0.5) is 4.39 Å². The molecule has 1 aromatic heterocycles. The molecule has 0 radical (unpaired) electrons. The molecule has 0 bridgehead atoms. The normalized spacial score (nSPS) is 11.8. The summed E-state index contributed by atoms with van der Waals surface area (Å²) < 4.78 is 40.6. The highest BCUT2D eigenvalue weighted by Crippen LogP contribution is 2.23. The molecule has 0 saturated carbocycles. The zero-order valence-corrected chi connectivity index (χ0v) is 15.1. The average molecular weight is 372 g/mol. The van der Waals surface area contributed by atoms with E-state index in [2.05, 4.69) is 4.98 Å². The van der Waals surface area contributed by atoms with E-state index < -0.39 is 15.8 Å². The Morgan fingerprint density at radius 3 is 2.46 bits per heavy atom. The van der Waals surface area contributed by atoms with Crippen LogP contribution in [0.1, 0.15) is 22.8 Å². The lowest BCUT2D eigenvalue weighted by atomic mass is 10.1. The number of ketones is 1. The van der Waals surface area contributed by atoms with Gasteiger partial charge in [-0.15, -0.1) is 0 Å². The second-order valence-corrected chi connectivity index (χ2v) is 7.99. The van der Waals surface area contributed by atoms with Crippen LogP contribution in [0.25, 0.3) is 10.9 Å². The van der Waals surface area contributed by atoms with Crippen LogP contribution in [0.5, 0.6) is 0 Å². The second-order valence-electron chi connectivity index (χ2n) is 5.95. The van der Waals surface area contributed by atoms with E-state index in [4.69, 9.17) is 0 Å². The minimum Gasteiger partial charge on any atom is -0.295 e. The maximum absolute atomic E-state index is 13.9. The Morgan fingerprint density at radius 1 is 1.12 bits per heavy atom.